The molecule has 0 atom stereocenters. The lowest BCUT2D eigenvalue weighted by atomic mass is 10.2. The normalized spacial score (nSPS) is 8.78. The Hall–Kier alpha value is -1.14. The molecule has 0 aromatic carbocycles. The second kappa shape index (κ2) is 18.2. The molecule has 4 N–H and O–H groups in total. The number of hydrogen-bond donors (Lipinski definition) is 3. The van der Waals surface area contributed by atoms with E-state index in [1.807, 2.05) is 0 Å². The summed E-state index contributed by atoms with van der Waals surface area (Å²) < 4.78 is 0. The van der Waals surface area contributed by atoms with Gasteiger partial charge in [-0.2, -0.15) is 0 Å². The van der Waals surface area contributed by atoms with Crippen molar-refractivity contribution < 1.29 is 19.8 Å². The van der Waals surface area contributed by atoms with Crippen molar-refractivity contribution in [2.24, 2.45) is 5.73 Å². The molecule has 0 aromatic rings. The first-order valence-corrected chi connectivity index (χ1v) is 5.97. The zero-order chi connectivity index (χ0) is 15.0. The van der Waals surface area contributed by atoms with E-state index in [1.165, 1.54) is 32.2 Å². The van der Waals surface area contributed by atoms with Crippen LogP contribution in [0.4, 0.5) is 0 Å². The topological polar surface area (TPSA) is 104 Å². The summed E-state index contributed by atoms with van der Waals surface area (Å²) >= 11 is 0. The average Bonchev–Trinajstić information content (AvgIpc) is 2.15. The van der Waals surface area contributed by atoms with Crippen LogP contribution < -0.4 is 5.73 Å². The molecule has 0 aliphatic rings. The van der Waals surface area contributed by atoms with E-state index in [2.05, 4.69) is 19.0 Å². The molecule has 6 nitrogen and oxygen atoms in total. The second-order valence-electron chi connectivity index (χ2n) is 4.04. The third-order valence-electron chi connectivity index (χ3n) is 1.56. The molecule has 0 saturated carbocycles. The molecular weight excluding hydrogens is 236 g/mol. The minimum atomic E-state index is -0.833. The molecule has 18 heavy (non-hydrogen) atoms. The Bertz CT molecular complexity index is 177. The highest BCUT2D eigenvalue weighted by Crippen LogP contribution is 1.98. The fraction of sp³-hybridized carbons (Fsp3) is 0.833. The highest BCUT2D eigenvalue weighted by molar-refractivity contribution is 5.63. The minimum Gasteiger partial charge on any atom is -0.481 e. The van der Waals surface area contributed by atoms with E-state index in [-0.39, 0.29) is 0 Å². The van der Waals surface area contributed by atoms with Crippen molar-refractivity contribution in [2.45, 2.75) is 39.5 Å². The number of nitrogens with two attached hydrogens (primary N) is 1. The number of unbranched alkanes of at least 4 members (excludes halogenated alkanes) is 3. The molecule has 0 saturated heterocycles. The van der Waals surface area contributed by atoms with Gasteiger partial charge in [-0.05, 0) is 40.0 Å². The lowest BCUT2D eigenvalue weighted by Crippen LogP contribution is -2.12. The molecule has 0 aliphatic heterocycles. The largest absolute Gasteiger partial charge is 0.481 e. The van der Waals surface area contributed by atoms with Gasteiger partial charge in [0.1, 0.15) is 0 Å². The maximum absolute atomic E-state index is 9.00. The van der Waals surface area contributed by atoms with Gasteiger partial charge in [0.05, 0.1) is 0 Å². The van der Waals surface area contributed by atoms with Gasteiger partial charge in [0, 0.05) is 13.8 Å². The first-order chi connectivity index (χ1) is 8.23. The highest BCUT2D eigenvalue weighted by Gasteiger charge is 1.89. The van der Waals surface area contributed by atoms with Gasteiger partial charge in [0.15, 0.2) is 0 Å². The number of hydrogen-bond acceptors (Lipinski definition) is 4. The maximum atomic E-state index is 9.00. The van der Waals surface area contributed by atoms with Crippen LogP contribution in [-0.4, -0.2) is 54.2 Å². The van der Waals surface area contributed by atoms with Crippen LogP contribution in [0.1, 0.15) is 39.5 Å². The van der Waals surface area contributed by atoms with Crippen LogP contribution >= 0.6 is 0 Å². The number of carbonyl (C=O) groups is 2. The van der Waals surface area contributed by atoms with Crippen LogP contribution in [0, 0.1) is 0 Å². The van der Waals surface area contributed by atoms with E-state index in [4.69, 9.17) is 25.5 Å². The summed E-state index contributed by atoms with van der Waals surface area (Å²) in [6.45, 7) is 4.23. The Labute approximate surface area is 110 Å². The highest BCUT2D eigenvalue weighted by atomic mass is 16.4. The minimum absolute atomic E-state index is 0.833. The molecule has 0 unspecified atom stereocenters. The smallest absolute Gasteiger partial charge is 0.300 e. The van der Waals surface area contributed by atoms with E-state index >= 15 is 0 Å². The monoisotopic (exact) mass is 264 g/mol. The molecule has 6 heteroatoms. The van der Waals surface area contributed by atoms with Crippen molar-refractivity contribution >= 4 is 11.9 Å². The van der Waals surface area contributed by atoms with Crippen molar-refractivity contribution in [3.8, 4) is 0 Å². The fourth-order valence-corrected chi connectivity index (χ4v) is 0.926. The molecule has 0 heterocycles. The molecule has 0 fully saturated rings. The summed E-state index contributed by atoms with van der Waals surface area (Å²) in [7, 11) is 4.23. The third-order valence-corrected chi connectivity index (χ3v) is 1.56. The molecule has 0 radical (unpaired) electrons. The van der Waals surface area contributed by atoms with Crippen molar-refractivity contribution in [1.29, 1.82) is 0 Å². The van der Waals surface area contributed by atoms with Gasteiger partial charge >= 0.3 is 0 Å². The average molecular weight is 264 g/mol. The lowest BCUT2D eigenvalue weighted by Gasteiger charge is -2.07. The van der Waals surface area contributed by atoms with Crippen LogP contribution in [0.2, 0.25) is 0 Å². The molecule has 0 spiro atoms. The van der Waals surface area contributed by atoms with Gasteiger partial charge in [0.2, 0.25) is 0 Å². The summed E-state index contributed by atoms with van der Waals surface area (Å²) in [4.78, 5) is 20.2. The van der Waals surface area contributed by atoms with Crippen molar-refractivity contribution in [2.75, 3.05) is 27.2 Å². The SMILES string of the molecule is CC(=O)O.CC(=O)O.CN(C)CCCCCCN. The number of carboxylic acids is 2. The number of aliphatic carboxylic acids is 2. The van der Waals surface area contributed by atoms with Crippen LogP contribution in [0.3, 0.4) is 0 Å². The molecular formula is C12H28N2O4. The number of carboxylic acid groups (broad SMARTS) is 2. The fourth-order valence-electron chi connectivity index (χ4n) is 0.926. The first kappa shape index (κ1) is 22.1. The summed E-state index contributed by atoms with van der Waals surface area (Å²) in [6, 6.07) is 0. The summed E-state index contributed by atoms with van der Waals surface area (Å²) in [5.74, 6) is -1.67. The van der Waals surface area contributed by atoms with Gasteiger partial charge in [-0.15, -0.1) is 0 Å². The zero-order valence-electron chi connectivity index (χ0n) is 12.0. The molecule has 0 rings (SSSR count). The molecule has 0 bridgehead atoms. The lowest BCUT2D eigenvalue weighted by molar-refractivity contribution is -0.135. The van der Waals surface area contributed by atoms with Crippen LogP contribution in [-0.2, 0) is 9.59 Å². The van der Waals surface area contributed by atoms with Crippen LogP contribution in [0.5, 0.6) is 0 Å². The van der Waals surface area contributed by atoms with Gasteiger partial charge in [0.25, 0.3) is 11.9 Å². The van der Waals surface area contributed by atoms with Crippen molar-refractivity contribution in [3.05, 3.63) is 0 Å². The van der Waals surface area contributed by atoms with E-state index in [0.717, 1.165) is 20.4 Å². The van der Waals surface area contributed by atoms with Crippen LogP contribution in [0.15, 0.2) is 0 Å². The van der Waals surface area contributed by atoms with Gasteiger partial charge in [-0.3, -0.25) is 9.59 Å². The maximum Gasteiger partial charge on any atom is 0.300 e. The number of rotatable bonds is 6. The van der Waals surface area contributed by atoms with Gasteiger partial charge < -0.3 is 20.8 Å². The Kier molecular flexibility index (Phi) is 22.4. The quantitative estimate of drug-likeness (QED) is 0.624. The van der Waals surface area contributed by atoms with Crippen LogP contribution in [0.25, 0.3) is 0 Å². The third kappa shape index (κ3) is 83.1. The Morgan fingerprint density at radius 1 is 0.944 bits per heavy atom. The van der Waals surface area contributed by atoms with E-state index in [1.54, 1.807) is 0 Å². The van der Waals surface area contributed by atoms with E-state index in [9.17, 15) is 0 Å². The Morgan fingerprint density at radius 2 is 1.28 bits per heavy atom. The van der Waals surface area contributed by atoms with E-state index < -0.39 is 11.9 Å². The zero-order valence-corrected chi connectivity index (χ0v) is 12.0. The van der Waals surface area contributed by atoms with Gasteiger partial charge in [-0.25, -0.2) is 0 Å². The molecule has 0 aliphatic carbocycles. The predicted octanol–water partition coefficient (Wildman–Crippen LogP) is 1.25. The summed E-state index contributed by atoms with van der Waals surface area (Å²) in [6.07, 6.45) is 5.13. The van der Waals surface area contributed by atoms with Gasteiger partial charge in [-0.1, -0.05) is 12.8 Å². The Morgan fingerprint density at radius 3 is 1.56 bits per heavy atom. The van der Waals surface area contributed by atoms with E-state index in [0.29, 0.717) is 0 Å². The second-order valence-corrected chi connectivity index (χ2v) is 4.04. The first-order valence-electron chi connectivity index (χ1n) is 5.97. The molecule has 110 valence electrons. The molecule has 0 aromatic heterocycles. The summed E-state index contributed by atoms with van der Waals surface area (Å²) in [5.41, 5.74) is 5.36. The van der Waals surface area contributed by atoms with Crippen molar-refractivity contribution in [3.63, 3.8) is 0 Å². The van der Waals surface area contributed by atoms with Crippen molar-refractivity contribution in [1.82, 2.24) is 4.90 Å². The Balaban J connectivity index is -0.000000233. The standard InChI is InChI=1S/C8H20N2.2C2H4O2/c1-10(2)8-6-4-3-5-7-9;2*1-2(3)4/h3-9H2,1-2H3;2*1H3,(H,3,4). The predicted molar refractivity (Wildman–Crippen MR) is 72.7 cm³/mol. The molecule has 0 amide bonds. The number of nitrogens with zero attached hydrogens (tertiary/aromatic N) is 1. The summed E-state index contributed by atoms with van der Waals surface area (Å²) in [5, 5.41) is 14.8.